The van der Waals surface area contributed by atoms with Gasteiger partial charge in [-0.05, 0) is 31.0 Å². The number of nitrogens with zero attached hydrogens (tertiary/aromatic N) is 2. The molecule has 0 unspecified atom stereocenters. The van der Waals surface area contributed by atoms with Crippen LogP contribution in [0.5, 0.6) is 0 Å². The van der Waals surface area contributed by atoms with Crippen LogP contribution in [0.4, 0.5) is 5.69 Å². The highest BCUT2D eigenvalue weighted by Gasteiger charge is 2.53. The van der Waals surface area contributed by atoms with Crippen LogP contribution in [0.3, 0.4) is 0 Å². The highest BCUT2D eigenvalue weighted by atomic mass is 35.5. The van der Waals surface area contributed by atoms with Gasteiger partial charge in [0, 0.05) is 17.1 Å². The summed E-state index contributed by atoms with van der Waals surface area (Å²) < 4.78 is 0. The van der Waals surface area contributed by atoms with E-state index in [0.717, 1.165) is 62.6 Å². The standard InChI is InChI=1S/C19H24ClN3O2/c20-15-4-3-5-16(12-15)22-10-8-21(9-11-22)14-23-17(24)13-19(18(23)25)6-1-2-7-19/h3-5,12H,1-2,6-11,13-14H2/p+1. The van der Waals surface area contributed by atoms with Crippen LogP contribution in [0.25, 0.3) is 0 Å². The molecule has 1 aliphatic carbocycles. The molecular weight excluding hydrogens is 338 g/mol. The van der Waals surface area contributed by atoms with E-state index in [2.05, 4.69) is 11.0 Å². The fourth-order valence-electron chi connectivity index (χ4n) is 4.60. The zero-order chi connectivity index (χ0) is 17.4. The van der Waals surface area contributed by atoms with Gasteiger partial charge in [-0.25, -0.2) is 4.90 Å². The number of hydrogen-bond donors (Lipinski definition) is 1. The number of anilines is 1. The monoisotopic (exact) mass is 362 g/mol. The fourth-order valence-corrected chi connectivity index (χ4v) is 4.78. The second-order valence-corrected chi connectivity index (χ2v) is 8.10. The Hall–Kier alpha value is -1.59. The van der Waals surface area contributed by atoms with Gasteiger partial charge >= 0.3 is 0 Å². The Morgan fingerprint density at radius 3 is 2.52 bits per heavy atom. The third kappa shape index (κ3) is 3.15. The van der Waals surface area contributed by atoms with Crippen LogP contribution in [-0.2, 0) is 9.59 Å². The third-order valence-electron chi connectivity index (χ3n) is 6.08. The first-order chi connectivity index (χ1) is 12.1. The normalized spacial score (nSPS) is 23.9. The lowest BCUT2D eigenvalue weighted by Crippen LogP contribution is -3.16. The molecule has 0 bridgehead atoms. The molecule has 2 aliphatic heterocycles. The molecule has 1 spiro atoms. The molecule has 5 nitrogen and oxygen atoms in total. The van der Waals surface area contributed by atoms with E-state index in [4.69, 9.17) is 11.6 Å². The van der Waals surface area contributed by atoms with E-state index in [-0.39, 0.29) is 17.2 Å². The summed E-state index contributed by atoms with van der Waals surface area (Å²) in [6.07, 6.45) is 4.39. The van der Waals surface area contributed by atoms with Crippen LogP contribution in [0.15, 0.2) is 24.3 Å². The van der Waals surface area contributed by atoms with Crippen molar-refractivity contribution in [3.8, 4) is 0 Å². The van der Waals surface area contributed by atoms with Crippen molar-refractivity contribution in [2.45, 2.75) is 32.1 Å². The van der Waals surface area contributed by atoms with E-state index in [1.807, 2.05) is 18.2 Å². The first-order valence-electron chi connectivity index (χ1n) is 9.26. The molecule has 1 aromatic rings. The van der Waals surface area contributed by atoms with Crippen LogP contribution >= 0.6 is 11.6 Å². The minimum Gasteiger partial charge on any atom is -0.360 e. The van der Waals surface area contributed by atoms with E-state index in [1.165, 1.54) is 4.90 Å². The van der Waals surface area contributed by atoms with Crippen LogP contribution < -0.4 is 9.80 Å². The first-order valence-corrected chi connectivity index (χ1v) is 9.64. The Labute approximate surface area is 153 Å². The average molecular weight is 363 g/mol. The Morgan fingerprint density at radius 1 is 1.12 bits per heavy atom. The molecule has 134 valence electrons. The highest BCUT2D eigenvalue weighted by molar-refractivity contribution is 6.30. The number of likely N-dealkylation sites (tertiary alicyclic amines) is 1. The molecule has 0 atom stereocenters. The maximum atomic E-state index is 12.8. The predicted octanol–water partition coefficient (Wildman–Crippen LogP) is 1.32. The molecule has 2 heterocycles. The molecule has 3 aliphatic rings. The number of carbonyl (C=O) groups is 2. The zero-order valence-corrected chi connectivity index (χ0v) is 15.2. The Kier molecular flexibility index (Phi) is 4.46. The zero-order valence-electron chi connectivity index (χ0n) is 14.5. The maximum Gasteiger partial charge on any atom is 0.240 e. The van der Waals surface area contributed by atoms with E-state index in [0.29, 0.717) is 13.1 Å². The number of imide groups is 1. The summed E-state index contributed by atoms with van der Waals surface area (Å²) >= 11 is 6.08. The van der Waals surface area contributed by atoms with Crippen molar-refractivity contribution in [1.29, 1.82) is 0 Å². The summed E-state index contributed by atoms with van der Waals surface area (Å²) in [5.74, 6) is 0.136. The number of carbonyl (C=O) groups excluding carboxylic acids is 2. The number of rotatable bonds is 3. The smallest absolute Gasteiger partial charge is 0.240 e. The molecule has 1 N–H and O–H groups in total. The average Bonchev–Trinajstić information content (AvgIpc) is 3.17. The van der Waals surface area contributed by atoms with Gasteiger partial charge in [0.15, 0.2) is 6.67 Å². The number of hydrogen-bond acceptors (Lipinski definition) is 3. The van der Waals surface area contributed by atoms with Gasteiger partial charge < -0.3 is 9.80 Å². The van der Waals surface area contributed by atoms with Gasteiger partial charge in [-0.2, -0.15) is 0 Å². The minimum atomic E-state index is -0.348. The van der Waals surface area contributed by atoms with Crippen LogP contribution in [0.2, 0.25) is 5.02 Å². The molecule has 1 aromatic carbocycles. The number of nitrogens with one attached hydrogen (secondary N) is 1. The maximum absolute atomic E-state index is 12.8. The predicted molar refractivity (Wildman–Crippen MR) is 96.6 cm³/mol. The Bertz CT molecular complexity index is 679. The summed E-state index contributed by atoms with van der Waals surface area (Å²) in [4.78, 5) is 30.4. The van der Waals surface area contributed by atoms with Crippen molar-refractivity contribution in [2.24, 2.45) is 5.41 Å². The van der Waals surface area contributed by atoms with Crippen molar-refractivity contribution >= 4 is 29.1 Å². The second kappa shape index (κ2) is 6.61. The van der Waals surface area contributed by atoms with E-state index < -0.39 is 0 Å². The van der Waals surface area contributed by atoms with Gasteiger partial charge in [0.2, 0.25) is 11.8 Å². The van der Waals surface area contributed by atoms with Crippen molar-refractivity contribution in [2.75, 3.05) is 37.7 Å². The van der Waals surface area contributed by atoms with Crippen LogP contribution in [0, 0.1) is 5.41 Å². The molecule has 2 saturated heterocycles. The van der Waals surface area contributed by atoms with Gasteiger partial charge in [-0.3, -0.25) is 9.59 Å². The number of piperazine rings is 1. The van der Waals surface area contributed by atoms with Gasteiger partial charge in [-0.1, -0.05) is 30.5 Å². The molecule has 6 heteroatoms. The molecule has 0 radical (unpaired) electrons. The summed E-state index contributed by atoms with van der Waals surface area (Å²) in [6, 6.07) is 7.92. The Morgan fingerprint density at radius 2 is 1.84 bits per heavy atom. The van der Waals surface area contributed by atoms with Gasteiger partial charge in [0.05, 0.1) is 31.6 Å². The molecular formula is C19H25ClN3O2+. The van der Waals surface area contributed by atoms with Crippen molar-refractivity contribution in [3.63, 3.8) is 0 Å². The summed E-state index contributed by atoms with van der Waals surface area (Å²) in [5.41, 5.74) is 0.795. The molecule has 2 amide bonds. The van der Waals surface area contributed by atoms with Gasteiger partial charge in [-0.15, -0.1) is 0 Å². The second-order valence-electron chi connectivity index (χ2n) is 7.67. The lowest BCUT2D eigenvalue weighted by molar-refractivity contribution is -0.908. The summed E-state index contributed by atoms with van der Waals surface area (Å²) in [5, 5.41) is 0.752. The van der Waals surface area contributed by atoms with E-state index in [1.54, 1.807) is 4.90 Å². The summed E-state index contributed by atoms with van der Waals surface area (Å²) in [7, 11) is 0. The number of amides is 2. The largest absolute Gasteiger partial charge is 0.360 e. The number of benzene rings is 1. The topological polar surface area (TPSA) is 45.1 Å². The first kappa shape index (κ1) is 16.9. The van der Waals surface area contributed by atoms with Gasteiger partial charge in [0.25, 0.3) is 0 Å². The van der Waals surface area contributed by atoms with Crippen molar-refractivity contribution in [3.05, 3.63) is 29.3 Å². The quantitative estimate of drug-likeness (QED) is 0.825. The SMILES string of the molecule is O=C1CC2(CCCC2)C(=O)N1C[NH+]1CCN(c2cccc(Cl)c2)CC1. The fraction of sp³-hybridized carbons (Fsp3) is 0.579. The van der Waals surface area contributed by atoms with Crippen LogP contribution in [-0.4, -0.2) is 49.6 Å². The minimum absolute atomic E-state index is 0.0386. The molecule has 3 fully saturated rings. The van der Waals surface area contributed by atoms with E-state index >= 15 is 0 Å². The number of quaternary nitrogens is 1. The third-order valence-corrected chi connectivity index (χ3v) is 6.31. The highest BCUT2D eigenvalue weighted by Crippen LogP contribution is 2.46. The van der Waals surface area contributed by atoms with Crippen molar-refractivity contribution < 1.29 is 14.5 Å². The molecule has 0 aromatic heterocycles. The van der Waals surface area contributed by atoms with Crippen molar-refractivity contribution in [1.82, 2.24) is 4.90 Å². The van der Waals surface area contributed by atoms with E-state index in [9.17, 15) is 9.59 Å². The molecule has 25 heavy (non-hydrogen) atoms. The Balaban J connectivity index is 1.36. The number of halogens is 1. The lowest BCUT2D eigenvalue weighted by atomic mass is 9.85. The molecule has 4 rings (SSSR count). The molecule has 1 saturated carbocycles. The van der Waals surface area contributed by atoms with Gasteiger partial charge in [0.1, 0.15) is 0 Å². The summed E-state index contributed by atoms with van der Waals surface area (Å²) in [6.45, 7) is 4.21. The lowest BCUT2D eigenvalue weighted by Gasteiger charge is -2.35. The van der Waals surface area contributed by atoms with Crippen LogP contribution in [0.1, 0.15) is 32.1 Å².